The van der Waals surface area contributed by atoms with E-state index in [0.717, 1.165) is 77.2 Å². The van der Waals surface area contributed by atoms with Gasteiger partial charge in [0.25, 0.3) is 5.97 Å². The smallest absolute Gasteiger partial charge is 0.282 e. The Hall–Kier alpha value is -0.200. The number of hydrogen-bond donors (Lipinski definition) is 1. The molecular weight excluding hydrogens is 344 g/mol. The molecule has 0 saturated carbocycles. The van der Waals surface area contributed by atoms with E-state index in [1.165, 1.54) is 0 Å². The Balaban J connectivity index is 4.32. The third kappa shape index (κ3) is 16.5. The molecule has 5 heteroatoms. The maximum Gasteiger partial charge on any atom is 0.282 e. The van der Waals surface area contributed by atoms with Crippen LogP contribution in [0.25, 0.3) is 0 Å². The summed E-state index contributed by atoms with van der Waals surface area (Å²) in [5.41, 5.74) is 0. The molecule has 0 heterocycles. The summed E-state index contributed by atoms with van der Waals surface area (Å²) >= 11 is 0. The molecule has 1 N–H and O–H groups in total. The Kier molecular flexibility index (Phi) is 19.0. The van der Waals surface area contributed by atoms with Gasteiger partial charge in [-0.25, -0.2) is 0 Å². The van der Waals surface area contributed by atoms with Gasteiger partial charge in [-0.2, -0.15) is 0 Å². The van der Waals surface area contributed by atoms with Crippen molar-refractivity contribution in [1.82, 2.24) is 0 Å². The summed E-state index contributed by atoms with van der Waals surface area (Å²) in [7, 11) is 0. The van der Waals surface area contributed by atoms with Crippen LogP contribution in [-0.2, 0) is 18.9 Å². The maximum absolute atomic E-state index is 9.00. The Morgan fingerprint density at radius 2 is 1.26 bits per heavy atom. The molecule has 1 unspecified atom stereocenters. The van der Waals surface area contributed by atoms with Crippen molar-refractivity contribution in [2.45, 2.75) is 110 Å². The number of aliphatic hydroxyl groups excluding tert-OH is 1. The van der Waals surface area contributed by atoms with E-state index in [0.29, 0.717) is 25.9 Å². The Morgan fingerprint density at radius 1 is 0.667 bits per heavy atom. The summed E-state index contributed by atoms with van der Waals surface area (Å²) in [4.78, 5) is 0. The largest absolute Gasteiger partial charge is 0.396 e. The quantitative estimate of drug-likeness (QED) is 0.209. The van der Waals surface area contributed by atoms with E-state index in [-0.39, 0.29) is 6.61 Å². The van der Waals surface area contributed by atoms with Crippen LogP contribution >= 0.6 is 0 Å². The van der Waals surface area contributed by atoms with Crippen molar-refractivity contribution in [3.05, 3.63) is 0 Å². The van der Waals surface area contributed by atoms with Gasteiger partial charge >= 0.3 is 0 Å². The minimum Gasteiger partial charge on any atom is -0.396 e. The minimum absolute atomic E-state index is 0.237. The SMILES string of the molecule is CCCCOC(CCCCCO)(OCCC)OCCCCCCOC(C)C. The van der Waals surface area contributed by atoms with Gasteiger partial charge < -0.3 is 24.1 Å². The summed E-state index contributed by atoms with van der Waals surface area (Å²) in [5, 5.41) is 9.00. The third-order valence-corrected chi connectivity index (χ3v) is 4.30. The first-order chi connectivity index (χ1) is 13.1. The van der Waals surface area contributed by atoms with Gasteiger partial charge in [-0.1, -0.05) is 39.5 Å². The molecule has 0 aliphatic heterocycles. The lowest BCUT2D eigenvalue weighted by atomic mass is 10.1. The highest BCUT2D eigenvalue weighted by Gasteiger charge is 2.32. The van der Waals surface area contributed by atoms with Crippen LogP contribution in [0.15, 0.2) is 0 Å². The van der Waals surface area contributed by atoms with Gasteiger partial charge in [0.05, 0.1) is 25.9 Å². The van der Waals surface area contributed by atoms with Crippen molar-refractivity contribution in [2.24, 2.45) is 0 Å². The van der Waals surface area contributed by atoms with Crippen LogP contribution in [0.4, 0.5) is 0 Å². The number of hydrogen-bond acceptors (Lipinski definition) is 5. The zero-order valence-electron chi connectivity index (χ0n) is 18.5. The fraction of sp³-hybridized carbons (Fsp3) is 1.00. The lowest BCUT2D eigenvalue weighted by Gasteiger charge is -2.33. The molecule has 0 amide bonds. The summed E-state index contributed by atoms with van der Waals surface area (Å²) in [6.07, 6.45) is 11.2. The molecule has 0 aromatic carbocycles. The van der Waals surface area contributed by atoms with E-state index in [1.54, 1.807) is 0 Å². The summed E-state index contributed by atoms with van der Waals surface area (Å²) < 4.78 is 23.9. The molecule has 164 valence electrons. The van der Waals surface area contributed by atoms with Gasteiger partial charge in [-0.05, 0) is 52.4 Å². The van der Waals surface area contributed by atoms with Crippen molar-refractivity contribution in [1.29, 1.82) is 0 Å². The summed E-state index contributed by atoms with van der Waals surface area (Å²) in [6.45, 7) is 11.4. The molecule has 0 aliphatic rings. The van der Waals surface area contributed by atoms with Crippen LogP contribution in [0, 0.1) is 0 Å². The highest BCUT2D eigenvalue weighted by molar-refractivity contribution is 4.61. The second kappa shape index (κ2) is 19.1. The topological polar surface area (TPSA) is 57.2 Å². The molecule has 0 aliphatic carbocycles. The van der Waals surface area contributed by atoms with E-state index >= 15 is 0 Å². The van der Waals surface area contributed by atoms with Crippen LogP contribution in [0.1, 0.15) is 98.3 Å². The Morgan fingerprint density at radius 3 is 1.85 bits per heavy atom. The molecule has 27 heavy (non-hydrogen) atoms. The van der Waals surface area contributed by atoms with Gasteiger partial charge in [-0.15, -0.1) is 0 Å². The number of aliphatic hydroxyl groups is 1. The Labute approximate surface area is 168 Å². The first kappa shape index (κ1) is 26.8. The van der Waals surface area contributed by atoms with Gasteiger partial charge in [0, 0.05) is 19.6 Å². The van der Waals surface area contributed by atoms with Crippen molar-refractivity contribution >= 4 is 0 Å². The fourth-order valence-electron chi connectivity index (χ4n) is 2.71. The first-order valence-electron chi connectivity index (χ1n) is 11.2. The molecule has 1 atom stereocenters. The van der Waals surface area contributed by atoms with Crippen LogP contribution in [-0.4, -0.2) is 50.2 Å². The van der Waals surface area contributed by atoms with Crippen molar-refractivity contribution in [3.8, 4) is 0 Å². The van der Waals surface area contributed by atoms with Gasteiger partial charge in [-0.3, -0.25) is 0 Å². The summed E-state index contributed by atoms with van der Waals surface area (Å²) in [5.74, 6) is -0.915. The highest BCUT2D eigenvalue weighted by Crippen LogP contribution is 2.25. The zero-order chi connectivity index (χ0) is 20.2. The van der Waals surface area contributed by atoms with Crippen molar-refractivity contribution in [2.75, 3.05) is 33.0 Å². The van der Waals surface area contributed by atoms with Crippen LogP contribution in [0.3, 0.4) is 0 Å². The molecular formula is C22H46O5. The normalized spacial score (nSPS) is 14.0. The molecule has 5 nitrogen and oxygen atoms in total. The third-order valence-electron chi connectivity index (χ3n) is 4.30. The van der Waals surface area contributed by atoms with E-state index in [2.05, 4.69) is 27.7 Å². The monoisotopic (exact) mass is 390 g/mol. The second-order valence-corrected chi connectivity index (χ2v) is 7.45. The number of rotatable bonds is 21. The maximum atomic E-state index is 9.00. The molecule has 0 aromatic rings. The van der Waals surface area contributed by atoms with Crippen LogP contribution in [0.5, 0.6) is 0 Å². The molecule has 0 bridgehead atoms. The van der Waals surface area contributed by atoms with E-state index in [1.807, 2.05) is 0 Å². The van der Waals surface area contributed by atoms with Gasteiger partial charge in [0.2, 0.25) is 0 Å². The molecule has 0 saturated heterocycles. The number of unbranched alkanes of at least 4 members (excludes halogenated alkanes) is 6. The molecule has 0 radical (unpaired) electrons. The van der Waals surface area contributed by atoms with Gasteiger partial charge in [0.1, 0.15) is 0 Å². The zero-order valence-corrected chi connectivity index (χ0v) is 18.5. The molecule has 0 fully saturated rings. The lowest BCUT2D eigenvalue weighted by molar-refractivity contribution is -0.384. The second-order valence-electron chi connectivity index (χ2n) is 7.45. The molecule has 0 rings (SSSR count). The molecule has 0 spiro atoms. The predicted molar refractivity (Wildman–Crippen MR) is 111 cm³/mol. The highest BCUT2D eigenvalue weighted by atomic mass is 16.9. The first-order valence-corrected chi connectivity index (χ1v) is 11.2. The minimum atomic E-state index is -0.915. The standard InChI is InChI=1S/C22H46O5/c1-5-7-19-26-22(25-17-6-2,15-11-10-12-16-23)27-20-14-9-8-13-18-24-21(3)4/h21,23H,5-20H2,1-4H3. The lowest BCUT2D eigenvalue weighted by Crippen LogP contribution is -2.40. The van der Waals surface area contributed by atoms with E-state index in [9.17, 15) is 0 Å². The van der Waals surface area contributed by atoms with Crippen LogP contribution in [0.2, 0.25) is 0 Å². The fourth-order valence-corrected chi connectivity index (χ4v) is 2.71. The molecule has 0 aromatic heterocycles. The van der Waals surface area contributed by atoms with Crippen LogP contribution < -0.4 is 0 Å². The van der Waals surface area contributed by atoms with Gasteiger partial charge in [0.15, 0.2) is 0 Å². The number of ether oxygens (including phenoxy) is 4. The van der Waals surface area contributed by atoms with Crippen molar-refractivity contribution in [3.63, 3.8) is 0 Å². The van der Waals surface area contributed by atoms with E-state index in [4.69, 9.17) is 24.1 Å². The average molecular weight is 391 g/mol. The summed E-state index contributed by atoms with van der Waals surface area (Å²) in [6, 6.07) is 0. The Bertz CT molecular complexity index is 298. The average Bonchev–Trinajstić information content (AvgIpc) is 2.65. The predicted octanol–water partition coefficient (Wildman–Crippen LogP) is 5.44. The van der Waals surface area contributed by atoms with E-state index < -0.39 is 5.97 Å². The van der Waals surface area contributed by atoms with Crippen molar-refractivity contribution < 1.29 is 24.1 Å².